The molecule has 0 saturated carbocycles. The van der Waals surface area contributed by atoms with Gasteiger partial charge in [0, 0.05) is 17.3 Å². The molecule has 0 amide bonds. The number of fused-ring (bicyclic) bond motifs is 3. The lowest BCUT2D eigenvalue weighted by Crippen LogP contribution is -2.29. The quantitative estimate of drug-likeness (QED) is 0.820. The number of pyridine rings is 1. The maximum Gasteiger partial charge on any atom is 0.356 e. The van der Waals surface area contributed by atoms with E-state index in [1.807, 2.05) is 19.9 Å². The Labute approximate surface area is 120 Å². The molecule has 1 N–H and O–H groups in total. The summed E-state index contributed by atoms with van der Waals surface area (Å²) in [5.41, 5.74) is 1.92. The van der Waals surface area contributed by atoms with Gasteiger partial charge in [-0.25, -0.2) is 4.79 Å². The molecule has 0 atom stereocenters. The smallest absolute Gasteiger partial charge is 0.356 e. The van der Waals surface area contributed by atoms with Gasteiger partial charge < -0.3 is 14.5 Å². The summed E-state index contributed by atoms with van der Waals surface area (Å²) in [7, 11) is 1.32. The SMILES string of the molecule is COC(=O)c1[nH]c2c(c1Cl)C(C)(C)Oc1cnccc1-2. The van der Waals surface area contributed by atoms with Crippen LogP contribution in [-0.4, -0.2) is 23.0 Å². The van der Waals surface area contributed by atoms with Gasteiger partial charge in [0.2, 0.25) is 0 Å². The van der Waals surface area contributed by atoms with Crippen molar-refractivity contribution < 1.29 is 14.3 Å². The highest BCUT2D eigenvalue weighted by molar-refractivity contribution is 6.35. The van der Waals surface area contributed by atoms with Gasteiger partial charge in [-0.05, 0) is 19.9 Å². The Hall–Kier alpha value is -2.01. The average molecular weight is 293 g/mol. The van der Waals surface area contributed by atoms with Crippen LogP contribution in [0.3, 0.4) is 0 Å². The molecule has 0 radical (unpaired) electrons. The molecule has 0 unspecified atom stereocenters. The van der Waals surface area contributed by atoms with Crippen LogP contribution in [0.4, 0.5) is 0 Å². The number of H-pyrrole nitrogens is 1. The number of methoxy groups -OCH3 is 1. The number of carbonyl (C=O) groups is 1. The summed E-state index contributed by atoms with van der Waals surface area (Å²) >= 11 is 6.34. The Morgan fingerprint density at radius 2 is 2.25 bits per heavy atom. The minimum Gasteiger partial charge on any atom is -0.481 e. The van der Waals surface area contributed by atoms with Gasteiger partial charge in [-0.15, -0.1) is 0 Å². The second-order valence-electron chi connectivity index (χ2n) is 5.04. The third kappa shape index (κ3) is 1.70. The summed E-state index contributed by atoms with van der Waals surface area (Å²) in [5.74, 6) is 0.148. The Balaban J connectivity index is 2.31. The van der Waals surface area contributed by atoms with Gasteiger partial charge in [0.1, 0.15) is 17.0 Å². The topological polar surface area (TPSA) is 64.2 Å². The zero-order valence-electron chi connectivity index (χ0n) is 11.3. The summed E-state index contributed by atoms with van der Waals surface area (Å²) in [6, 6.07) is 1.82. The van der Waals surface area contributed by atoms with Gasteiger partial charge in [-0.1, -0.05) is 11.6 Å². The van der Waals surface area contributed by atoms with Crippen LogP contribution in [-0.2, 0) is 10.3 Å². The molecule has 104 valence electrons. The molecule has 2 aromatic rings. The first-order valence-electron chi connectivity index (χ1n) is 6.09. The molecule has 0 bridgehead atoms. The van der Waals surface area contributed by atoms with E-state index in [2.05, 4.69) is 9.97 Å². The van der Waals surface area contributed by atoms with Crippen LogP contribution < -0.4 is 4.74 Å². The standard InChI is InChI=1S/C14H13ClN2O3/c1-14(2)9-10(15)12(13(18)19-3)17-11(9)7-4-5-16-6-8(7)20-14/h4-6,17H,1-3H3. The summed E-state index contributed by atoms with van der Waals surface area (Å²) in [6.07, 6.45) is 3.31. The fourth-order valence-electron chi connectivity index (χ4n) is 2.48. The van der Waals surface area contributed by atoms with E-state index in [4.69, 9.17) is 21.1 Å². The number of halogens is 1. The number of nitrogens with one attached hydrogen (secondary N) is 1. The van der Waals surface area contributed by atoms with E-state index in [9.17, 15) is 4.79 Å². The van der Waals surface area contributed by atoms with Crippen molar-refractivity contribution >= 4 is 17.6 Å². The van der Waals surface area contributed by atoms with Crippen LogP contribution in [0.1, 0.15) is 29.9 Å². The van der Waals surface area contributed by atoms with Crippen molar-refractivity contribution in [3.63, 3.8) is 0 Å². The number of carbonyl (C=O) groups excluding carboxylic acids is 1. The van der Waals surface area contributed by atoms with Crippen molar-refractivity contribution in [1.29, 1.82) is 0 Å². The Kier molecular flexibility index (Phi) is 2.76. The predicted molar refractivity (Wildman–Crippen MR) is 74.0 cm³/mol. The Bertz CT molecular complexity index is 706. The normalized spacial score (nSPS) is 15.0. The molecule has 0 saturated heterocycles. The van der Waals surface area contributed by atoms with Gasteiger partial charge in [0.25, 0.3) is 0 Å². The third-order valence-corrected chi connectivity index (χ3v) is 3.73. The average Bonchev–Trinajstić information content (AvgIpc) is 2.76. The molecule has 2 aromatic heterocycles. The lowest BCUT2D eigenvalue weighted by molar-refractivity contribution is 0.0595. The summed E-state index contributed by atoms with van der Waals surface area (Å²) in [5, 5.41) is 0.333. The van der Waals surface area contributed by atoms with Crippen molar-refractivity contribution in [2.45, 2.75) is 19.4 Å². The second-order valence-corrected chi connectivity index (χ2v) is 5.42. The molecule has 20 heavy (non-hydrogen) atoms. The van der Waals surface area contributed by atoms with E-state index >= 15 is 0 Å². The van der Waals surface area contributed by atoms with Gasteiger partial charge in [0.15, 0.2) is 0 Å². The van der Waals surface area contributed by atoms with Crippen molar-refractivity contribution in [2.75, 3.05) is 7.11 Å². The number of aromatic amines is 1. The minimum absolute atomic E-state index is 0.237. The maximum absolute atomic E-state index is 11.8. The highest BCUT2D eigenvalue weighted by Gasteiger charge is 2.38. The van der Waals surface area contributed by atoms with E-state index in [0.717, 1.165) is 16.8 Å². The molecule has 3 rings (SSSR count). The minimum atomic E-state index is -0.661. The molecular formula is C14H13ClN2O3. The van der Waals surface area contributed by atoms with E-state index in [1.165, 1.54) is 7.11 Å². The number of ether oxygens (including phenoxy) is 2. The monoisotopic (exact) mass is 292 g/mol. The van der Waals surface area contributed by atoms with E-state index in [1.54, 1.807) is 12.4 Å². The van der Waals surface area contributed by atoms with Crippen molar-refractivity contribution in [3.8, 4) is 17.0 Å². The predicted octanol–water partition coefficient (Wildman–Crippen LogP) is 3.14. The number of aromatic nitrogens is 2. The van der Waals surface area contributed by atoms with Crippen molar-refractivity contribution in [2.24, 2.45) is 0 Å². The Morgan fingerprint density at radius 1 is 1.50 bits per heavy atom. The van der Waals surface area contributed by atoms with E-state index in [-0.39, 0.29) is 5.69 Å². The number of hydrogen-bond donors (Lipinski definition) is 1. The molecule has 1 aliphatic rings. The Morgan fingerprint density at radius 3 is 2.95 bits per heavy atom. The molecule has 5 nitrogen and oxygen atoms in total. The van der Waals surface area contributed by atoms with Gasteiger partial charge in [-0.3, -0.25) is 4.98 Å². The van der Waals surface area contributed by atoms with Crippen molar-refractivity contribution in [3.05, 3.63) is 34.7 Å². The zero-order valence-corrected chi connectivity index (χ0v) is 12.0. The largest absolute Gasteiger partial charge is 0.481 e. The first kappa shape index (κ1) is 13.0. The van der Waals surface area contributed by atoms with Crippen LogP contribution in [0, 0.1) is 0 Å². The van der Waals surface area contributed by atoms with E-state index in [0.29, 0.717) is 10.8 Å². The summed E-state index contributed by atoms with van der Waals surface area (Å²) in [6.45, 7) is 3.78. The molecule has 0 fully saturated rings. The lowest BCUT2D eigenvalue weighted by atomic mass is 9.92. The number of esters is 1. The molecule has 0 spiro atoms. The second kappa shape index (κ2) is 4.24. The van der Waals surface area contributed by atoms with Crippen LogP contribution in [0.2, 0.25) is 5.02 Å². The number of rotatable bonds is 1. The van der Waals surface area contributed by atoms with Crippen LogP contribution >= 0.6 is 11.6 Å². The first-order chi connectivity index (χ1) is 9.45. The maximum atomic E-state index is 11.8. The summed E-state index contributed by atoms with van der Waals surface area (Å²) in [4.78, 5) is 18.9. The van der Waals surface area contributed by atoms with Gasteiger partial charge in [-0.2, -0.15) is 0 Å². The highest BCUT2D eigenvalue weighted by Crippen LogP contribution is 2.48. The molecule has 3 heterocycles. The third-order valence-electron chi connectivity index (χ3n) is 3.35. The van der Waals surface area contributed by atoms with Crippen LogP contribution in [0.5, 0.6) is 5.75 Å². The molecule has 6 heteroatoms. The number of hydrogen-bond acceptors (Lipinski definition) is 4. The first-order valence-corrected chi connectivity index (χ1v) is 6.47. The van der Waals surface area contributed by atoms with Gasteiger partial charge in [0.05, 0.1) is 24.0 Å². The fraction of sp³-hybridized carbons (Fsp3) is 0.286. The van der Waals surface area contributed by atoms with E-state index < -0.39 is 11.6 Å². The van der Waals surface area contributed by atoms with Crippen LogP contribution in [0.25, 0.3) is 11.3 Å². The van der Waals surface area contributed by atoms with Crippen LogP contribution in [0.15, 0.2) is 18.5 Å². The molecule has 1 aliphatic heterocycles. The van der Waals surface area contributed by atoms with Gasteiger partial charge >= 0.3 is 5.97 Å². The molecular weight excluding hydrogens is 280 g/mol. The number of nitrogens with zero attached hydrogens (tertiary/aromatic N) is 1. The zero-order chi connectivity index (χ0) is 14.5. The summed E-state index contributed by atoms with van der Waals surface area (Å²) < 4.78 is 10.7. The van der Waals surface area contributed by atoms with Crippen molar-refractivity contribution in [1.82, 2.24) is 9.97 Å². The highest BCUT2D eigenvalue weighted by atomic mass is 35.5. The molecule has 0 aliphatic carbocycles. The fourth-order valence-corrected chi connectivity index (χ4v) is 2.93. The lowest BCUT2D eigenvalue weighted by Gasteiger charge is -2.32. The molecule has 0 aromatic carbocycles.